The van der Waals surface area contributed by atoms with Gasteiger partial charge in [-0.25, -0.2) is 0 Å². The van der Waals surface area contributed by atoms with E-state index in [0.717, 1.165) is 71.2 Å². The molecule has 3 rings (SSSR count). The Hall–Kier alpha value is -0.610. The highest BCUT2D eigenvalue weighted by molar-refractivity contribution is 5.75. The number of hydrogen-bond donors (Lipinski definition) is 1. The van der Waals surface area contributed by atoms with Crippen molar-refractivity contribution in [3.05, 3.63) is 0 Å². The number of carboxylic acid groups (broad SMARTS) is 1. The molecule has 3 fully saturated rings. The van der Waals surface area contributed by atoms with E-state index in [4.69, 9.17) is 9.47 Å². The van der Waals surface area contributed by atoms with Crippen LogP contribution in [0.5, 0.6) is 0 Å². The third-order valence-corrected chi connectivity index (χ3v) is 5.60. The zero-order valence-corrected chi connectivity index (χ0v) is 11.5. The molecular weight excluding hydrogens is 244 g/mol. The van der Waals surface area contributed by atoms with E-state index >= 15 is 0 Å². The van der Waals surface area contributed by atoms with Gasteiger partial charge < -0.3 is 14.6 Å². The third-order valence-electron chi connectivity index (χ3n) is 5.60. The van der Waals surface area contributed by atoms with Gasteiger partial charge in [-0.05, 0) is 44.4 Å². The zero-order chi connectivity index (χ0) is 13.3. The third kappa shape index (κ3) is 2.29. The standard InChI is InChI=1S/C15H24O4/c16-13(17)15(4-1-2-5-15)12-3-8-19-14(11-12)6-9-18-10-7-14/h12H,1-11H2,(H,16,17). The summed E-state index contributed by atoms with van der Waals surface area (Å²) in [6, 6.07) is 0. The van der Waals surface area contributed by atoms with Gasteiger partial charge in [0, 0.05) is 19.8 Å². The minimum Gasteiger partial charge on any atom is -0.481 e. The van der Waals surface area contributed by atoms with Crippen molar-refractivity contribution in [1.82, 2.24) is 0 Å². The smallest absolute Gasteiger partial charge is 0.309 e. The number of carbonyl (C=O) groups is 1. The van der Waals surface area contributed by atoms with Crippen LogP contribution in [-0.2, 0) is 14.3 Å². The number of hydrogen-bond acceptors (Lipinski definition) is 3. The van der Waals surface area contributed by atoms with Crippen molar-refractivity contribution < 1.29 is 19.4 Å². The lowest BCUT2D eigenvalue weighted by atomic mass is 9.66. The fourth-order valence-electron chi connectivity index (χ4n) is 4.39. The van der Waals surface area contributed by atoms with Gasteiger partial charge in [-0.3, -0.25) is 4.79 Å². The van der Waals surface area contributed by atoms with E-state index in [1.54, 1.807) is 0 Å². The predicted octanol–water partition coefficient (Wildman–Crippen LogP) is 2.61. The van der Waals surface area contributed by atoms with Crippen molar-refractivity contribution in [1.29, 1.82) is 0 Å². The van der Waals surface area contributed by atoms with Crippen LogP contribution in [0, 0.1) is 11.3 Å². The Kier molecular flexibility index (Phi) is 3.56. The average molecular weight is 268 g/mol. The Labute approximate surface area is 114 Å². The van der Waals surface area contributed by atoms with Crippen molar-refractivity contribution in [2.45, 2.75) is 57.0 Å². The summed E-state index contributed by atoms with van der Waals surface area (Å²) in [6.07, 6.45) is 7.55. The lowest BCUT2D eigenvalue weighted by Gasteiger charge is -2.47. The summed E-state index contributed by atoms with van der Waals surface area (Å²) in [6.45, 7) is 2.24. The maximum Gasteiger partial charge on any atom is 0.309 e. The van der Waals surface area contributed by atoms with Crippen LogP contribution in [0.2, 0.25) is 0 Å². The Balaban J connectivity index is 1.78. The first-order chi connectivity index (χ1) is 9.17. The van der Waals surface area contributed by atoms with Crippen LogP contribution >= 0.6 is 0 Å². The molecule has 0 aromatic heterocycles. The molecule has 0 aromatic rings. The summed E-state index contributed by atoms with van der Waals surface area (Å²) in [4.78, 5) is 11.8. The second kappa shape index (κ2) is 5.06. The van der Waals surface area contributed by atoms with Gasteiger partial charge in [-0.15, -0.1) is 0 Å². The molecule has 0 amide bonds. The number of aliphatic carboxylic acids is 1. The molecule has 2 heterocycles. The highest BCUT2D eigenvalue weighted by Crippen LogP contribution is 2.52. The number of rotatable bonds is 2. The molecule has 0 radical (unpaired) electrons. The zero-order valence-electron chi connectivity index (χ0n) is 11.5. The van der Waals surface area contributed by atoms with Crippen molar-refractivity contribution in [2.75, 3.05) is 19.8 Å². The van der Waals surface area contributed by atoms with Gasteiger partial charge in [0.15, 0.2) is 0 Å². The molecule has 1 saturated carbocycles. The van der Waals surface area contributed by atoms with Crippen molar-refractivity contribution >= 4 is 5.97 Å². The minimum absolute atomic E-state index is 0.0911. The topological polar surface area (TPSA) is 55.8 Å². The SMILES string of the molecule is O=C(O)C1(C2CCOC3(CCOCC3)C2)CCCC1. The van der Waals surface area contributed by atoms with Gasteiger partial charge in [-0.2, -0.15) is 0 Å². The van der Waals surface area contributed by atoms with Crippen molar-refractivity contribution in [3.8, 4) is 0 Å². The van der Waals surface area contributed by atoms with E-state index in [1.807, 2.05) is 0 Å². The number of ether oxygens (including phenoxy) is 2. The van der Waals surface area contributed by atoms with E-state index in [1.165, 1.54) is 0 Å². The Morgan fingerprint density at radius 2 is 1.74 bits per heavy atom. The predicted molar refractivity (Wildman–Crippen MR) is 70.0 cm³/mol. The van der Waals surface area contributed by atoms with E-state index in [9.17, 15) is 9.90 Å². The first-order valence-corrected chi connectivity index (χ1v) is 7.62. The first-order valence-electron chi connectivity index (χ1n) is 7.62. The van der Waals surface area contributed by atoms with E-state index in [2.05, 4.69) is 0 Å². The molecule has 0 bridgehead atoms. The van der Waals surface area contributed by atoms with E-state index in [-0.39, 0.29) is 5.60 Å². The summed E-state index contributed by atoms with van der Waals surface area (Å²) >= 11 is 0. The molecule has 19 heavy (non-hydrogen) atoms. The molecule has 1 N–H and O–H groups in total. The van der Waals surface area contributed by atoms with Crippen LogP contribution in [0.1, 0.15) is 51.4 Å². The lowest BCUT2D eigenvalue weighted by Crippen LogP contribution is -2.49. The van der Waals surface area contributed by atoms with Gasteiger partial charge in [0.25, 0.3) is 0 Å². The quantitative estimate of drug-likeness (QED) is 0.836. The van der Waals surface area contributed by atoms with Crippen molar-refractivity contribution in [3.63, 3.8) is 0 Å². The summed E-state index contributed by atoms with van der Waals surface area (Å²) in [5.41, 5.74) is -0.554. The normalized spacial score (nSPS) is 33.4. The fourth-order valence-corrected chi connectivity index (χ4v) is 4.39. The molecular formula is C15H24O4. The van der Waals surface area contributed by atoms with Crippen LogP contribution in [0.4, 0.5) is 0 Å². The highest BCUT2D eigenvalue weighted by Gasteiger charge is 2.52. The minimum atomic E-state index is -0.570. The number of carboxylic acids is 1. The molecule has 4 nitrogen and oxygen atoms in total. The molecule has 108 valence electrons. The Morgan fingerprint density at radius 1 is 1.05 bits per heavy atom. The second-order valence-electron chi connectivity index (χ2n) is 6.50. The lowest BCUT2D eigenvalue weighted by molar-refractivity contribution is -0.175. The second-order valence-corrected chi connectivity index (χ2v) is 6.50. The summed E-state index contributed by atoms with van der Waals surface area (Å²) in [5.74, 6) is -0.279. The van der Waals surface area contributed by atoms with Gasteiger partial charge in [0.1, 0.15) is 0 Å². The van der Waals surface area contributed by atoms with Crippen LogP contribution in [-0.4, -0.2) is 36.5 Å². The largest absolute Gasteiger partial charge is 0.481 e. The highest BCUT2D eigenvalue weighted by atomic mass is 16.5. The fraction of sp³-hybridized carbons (Fsp3) is 0.933. The van der Waals surface area contributed by atoms with Gasteiger partial charge >= 0.3 is 5.97 Å². The molecule has 2 saturated heterocycles. The van der Waals surface area contributed by atoms with Gasteiger partial charge in [0.2, 0.25) is 0 Å². The molecule has 1 aliphatic carbocycles. The van der Waals surface area contributed by atoms with E-state index in [0.29, 0.717) is 5.92 Å². The molecule has 4 heteroatoms. The van der Waals surface area contributed by atoms with Crippen LogP contribution in [0.15, 0.2) is 0 Å². The van der Waals surface area contributed by atoms with Gasteiger partial charge in [0.05, 0.1) is 11.0 Å². The molecule has 2 aliphatic heterocycles. The molecule has 0 aromatic carbocycles. The van der Waals surface area contributed by atoms with Crippen LogP contribution < -0.4 is 0 Å². The Morgan fingerprint density at radius 3 is 2.37 bits per heavy atom. The van der Waals surface area contributed by atoms with Crippen LogP contribution in [0.3, 0.4) is 0 Å². The molecule has 1 atom stereocenters. The van der Waals surface area contributed by atoms with Gasteiger partial charge in [-0.1, -0.05) is 12.8 Å². The van der Waals surface area contributed by atoms with Crippen LogP contribution in [0.25, 0.3) is 0 Å². The molecule has 1 unspecified atom stereocenters. The summed E-state index contributed by atoms with van der Waals surface area (Å²) in [7, 11) is 0. The average Bonchev–Trinajstić information content (AvgIpc) is 2.90. The Bertz CT molecular complexity index is 335. The van der Waals surface area contributed by atoms with E-state index < -0.39 is 11.4 Å². The summed E-state index contributed by atoms with van der Waals surface area (Å²) in [5, 5.41) is 9.74. The van der Waals surface area contributed by atoms with Crippen molar-refractivity contribution in [2.24, 2.45) is 11.3 Å². The summed E-state index contributed by atoms with van der Waals surface area (Å²) < 4.78 is 11.5. The molecule has 3 aliphatic rings. The maximum absolute atomic E-state index is 11.8. The maximum atomic E-state index is 11.8. The first kappa shape index (κ1) is 13.4. The monoisotopic (exact) mass is 268 g/mol. The molecule has 1 spiro atoms.